The van der Waals surface area contributed by atoms with Gasteiger partial charge in [-0.05, 0) is 43.5 Å². The number of aliphatic hydroxyl groups is 1. The minimum atomic E-state index is -0.313. The van der Waals surface area contributed by atoms with Crippen LogP contribution >= 0.6 is 15.9 Å². The van der Waals surface area contributed by atoms with E-state index in [1.165, 1.54) is 13.0 Å². The van der Waals surface area contributed by atoms with Gasteiger partial charge in [-0.15, -0.1) is 0 Å². The lowest BCUT2D eigenvalue weighted by Gasteiger charge is -2.13. The van der Waals surface area contributed by atoms with Crippen molar-refractivity contribution in [2.45, 2.75) is 19.8 Å². The molecule has 0 bridgehead atoms. The lowest BCUT2D eigenvalue weighted by molar-refractivity contribution is -0.121. The Labute approximate surface area is 103 Å². The summed E-state index contributed by atoms with van der Waals surface area (Å²) in [7, 11) is 0. The summed E-state index contributed by atoms with van der Waals surface area (Å²) in [4.78, 5) is 11.3. The molecule has 2 nitrogen and oxygen atoms in total. The summed E-state index contributed by atoms with van der Waals surface area (Å²) in [6, 6.07) is 4.66. The van der Waals surface area contributed by atoms with Crippen LogP contribution < -0.4 is 0 Å². The van der Waals surface area contributed by atoms with Gasteiger partial charge in [-0.3, -0.25) is 4.79 Å². The first kappa shape index (κ1) is 13.3. The van der Waals surface area contributed by atoms with E-state index in [0.29, 0.717) is 18.4 Å². The number of Topliss-reactive ketones (excluding diaryl/α,β-unsaturated/α-hetero) is 1. The molecule has 1 N–H and O–H groups in total. The van der Waals surface area contributed by atoms with Crippen molar-refractivity contribution in [1.82, 2.24) is 0 Å². The highest BCUT2D eigenvalue weighted by molar-refractivity contribution is 9.10. The summed E-state index contributed by atoms with van der Waals surface area (Å²) in [5, 5.41) is 8.83. The molecule has 0 aliphatic rings. The molecule has 88 valence electrons. The lowest BCUT2D eigenvalue weighted by atomic mass is 9.93. The zero-order valence-corrected chi connectivity index (χ0v) is 10.6. The van der Waals surface area contributed by atoms with Crippen molar-refractivity contribution >= 4 is 21.7 Å². The minimum Gasteiger partial charge on any atom is -0.396 e. The third-order valence-corrected chi connectivity index (χ3v) is 3.02. The van der Waals surface area contributed by atoms with Crippen molar-refractivity contribution in [3.05, 3.63) is 34.1 Å². The van der Waals surface area contributed by atoms with Crippen LogP contribution in [0.5, 0.6) is 0 Å². The largest absolute Gasteiger partial charge is 0.396 e. The van der Waals surface area contributed by atoms with Gasteiger partial charge in [0.05, 0.1) is 0 Å². The van der Waals surface area contributed by atoms with Crippen LogP contribution in [0.15, 0.2) is 22.7 Å². The van der Waals surface area contributed by atoms with Gasteiger partial charge in [0.1, 0.15) is 11.6 Å². The average molecular weight is 289 g/mol. The predicted octanol–water partition coefficient (Wildman–Crippen LogP) is 2.72. The van der Waals surface area contributed by atoms with Crippen LogP contribution in [0.3, 0.4) is 0 Å². The molecule has 0 saturated carbocycles. The molecule has 0 aliphatic carbocycles. The molecule has 0 amide bonds. The molecule has 1 atom stereocenters. The highest BCUT2D eigenvalue weighted by Gasteiger charge is 2.16. The van der Waals surface area contributed by atoms with Gasteiger partial charge in [0.25, 0.3) is 0 Å². The van der Waals surface area contributed by atoms with Crippen molar-refractivity contribution in [1.29, 1.82) is 0 Å². The molecular formula is C12H14BrFO2. The second-order valence-corrected chi connectivity index (χ2v) is 4.68. The fourth-order valence-electron chi connectivity index (χ4n) is 1.57. The van der Waals surface area contributed by atoms with E-state index in [4.69, 9.17) is 5.11 Å². The Kier molecular flexibility index (Phi) is 5.09. The highest BCUT2D eigenvalue weighted by Crippen LogP contribution is 2.20. The summed E-state index contributed by atoms with van der Waals surface area (Å²) in [6.07, 6.45) is 0.711. The molecule has 0 fully saturated rings. The Bertz CT molecular complexity index is 379. The zero-order valence-electron chi connectivity index (χ0n) is 9.04. The zero-order chi connectivity index (χ0) is 12.1. The molecule has 1 aromatic carbocycles. The number of carbonyl (C=O) groups is 1. The van der Waals surface area contributed by atoms with Crippen LogP contribution in [0.2, 0.25) is 0 Å². The fourth-order valence-corrected chi connectivity index (χ4v) is 1.98. The topological polar surface area (TPSA) is 37.3 Å². The Morgan fingerprint density at radius 1 is 1.56 bits per heavy atom. The maximum atomic E-state index is 13.4. The van der Waals surface area contributed by atoms with E-state index in [-0.39, 0.29) is 24.1 Å². The Hall–Kier alpha value is -0.740. The first-order valence-electron chi connectivity index (χ1n) is 5.10. The van der Waals surface area contributed by atoms with E-state index in [0.717, 1.165) is 4.47 Å². The molecule has 0 radical (unpaired) electrons. The second-order valence-electron chi connectivity index (χ2n) is 3.76. The van der Waals surface area contributed by atoms with E-state index < -0.39 is 0 Å². The number of hydrogen-bond donors (Lipinski definition) is 1. The first-order chi connectivity index (χ1) is 7.54. The number of halogens is 2. The van der Waals surface area contributed by atoms with Gasteiger partial charge in [-0.25, -0.2) is 4.39 Å². The number of carbonyl (C=O) groups excluding carboxylic acids is 1. The quantitative estimate of drug-likeness (QED) is 0.905. The third kappa shape index (κ3) is 3.68. The molecule has 4 heteroatoms. The summed E-state index contributed by atoms with van der Waals surface area (Å²) in [5.74, 6) is -0.644. The minimum absolute atomic E-state index is 0.0200. The van der Waals surface area contributed by atoms with Gasteiger partial charge in [-0.1, -0.05) is 15.9 Å². The van der Waals surface area contributed by atoms with Crippen molar-refractivity contribution < 1.29 is 14.3 Å². The molecule has 16 heavy (non-hydrogen) atoms. The summed E-state index contributed by atoms with van der Waals surface area (Å²) in [6.45, 7) is 1.41. The van der Waals surface area contributed by atoms with E-state index in [1.807, 2.05) is 0 Å². The van der Waals surface area contributed by atoms with Gasteiger partial charge in [-0.2, -0.15) is 0 Å². The van der Waals surface area contributed by atoms with Gasteiger partial charge < -0.3 is 5.11 Å². The average Bonchev–Trinajstić information content (AvgIpc) is 2.22. The highest BCUT2D eigenvalue weighted by atomic mass is 79.9. The summed E-state index contributed by atoms with van der Waals surface area (Å²) < 4.78 is 14.2. The molecule has 0 aromatic heterocycles. The van der Waals surface area contributed by atoms with Gasteiger partial charge in [0.2, 0.25) is 0 Å². The van der Waals surface area contributed by atoms with E-state index in [9.17, 15) is 9.18 Å². The van der Waals surface area contributed by atoms with Crippen LogP contribution in [0.25, 0.3) is 0 Å². The van der Waals surface area contributed by atoms with Crippen LogP contribution in [0.1, 0.15) is 18.9 Å². The molecule has 0 aliphatic heterocycles. The maximum absolute atomic E-state index is 13.4. The smallest absolute Gasteiger partial charge is 0.133 e. The Morgan fingerprint density at radius 3 is 2.81 bits per heavy atom. The number of rotatable bonds is 5. The van der Waals surface area contributed by atoms with Crippen molar-refractivity contribution in [2.75, 3.05) is 6.61 Å². The summed E-state index contributed by atoms with van der Waals surface area (Å²) in [5.41, 5.74) is 0.503. The van der Waals surface area contributed by atoms with E-state index in [2.05, 4.69) is 15.9 Å². The fraction of sp³-hybridized carbons (Fsp3) is 0.417. The molecule has 0 spiro atoms. The van der Waals surface area contributed by atoms with Crippen LogP contribution in [0.4, 0.5) is 4.39 Å². The van der Waals surface area contributed by atoms with E-state index >= 15 is 0 Å². The van der Waals surface area contributed by atoms with E-state index in [1.54, 1.807) is 12.1 Å². The standard InChI is InChI=1S/C12H14BrFO2/c1-8(16)9(4-5-15)6-10-7-11(13)2-3-12(10)14/h2-3,7,9,15H,4-6H2,1H3. The number of aliphatic hydroxyl groups excluding tert-OH is 1. The molecule has 1 aromatic rings. The van der Waals surface area contributed by atoms with Crippen molar-refractivity contribution in [2.24, 2.45) is 5.92 Å². The molecule has 0 heterocycles. The van der Waals surface area contributed by atoms with Crippen molar-refractivity contribution in [3.63, 3.8) is 0 Å². The molecule has 0 saturated heterocycles. The Balaban J connectivity index is 2.84. The normalized spacial score (nSPS) is 12.5. The van der Waals surface area contributed by atoms with Crippen LogP contribution in [-0.4, -0.2) is 17.5 Å². The molecule has 1 unspecified atom stereocenters. The number of benzene rings is 1. The monoisotopic (exact) mass is 288 g/mol. The maximum Gasteiger partial charge on any atom is 0.133 e. The molecular weight excluding hydrogens is 275 g/mol. The molecule has 1 rings (SSSR count). The van der Waals surface area contributed by atoms with Crippen LogP contribution in [0, 0.1) is 11.7 Å². The SMILES string of the molecule is CC(=O)C(CCO)Cc1cc(Br)ccc1F. The predicted molar refractivity (Wildman–Crippen MR) is 63.7 cm³/mol. The number of hydrogen-bond acceptors (Lipinski definition) is 2. The van der Waals surface area contributed by atoms with Gasteiger partial charge in [0, 0.05) is 17.0 Å². The van der Waals surface area contributed by atoms with Crippen LogP contribution in [-0.2, 0) is 11.2 Å². The Morgan fingerprint density at radius 2 is 2.25 bits per heavy atom. The van der Waals surface area contributed by atoms with Gasteiger partial charge in [0.15, 0.2) is 0 Å². The van der Waals surface area contributed by atoms with Gasteiger partial charge >= 0.3 is 0 Å². The lowest BCUT2D eigenvalue weighted by Crippen LogP contribution is -2.16. The second kappa shape index (κ2) is 6.11. The number of ketones is 1. The van der Waals surface area contributed by atoms with Crippen molar-refractivity contribution in [3.8, 4) is 0 Å². The first-order valence-corrected chi connectivity index (χ1v) is 5.89. The third-order valence-electron chi connectivity index (χ3n) is 2.53. The summed E-state index contributed by atoms with van der Waals surface area (Å²) >= 11 is 3.26.